The number of rotatable bonds is 9. The van der Waals surface area contributed by atoms with Gasteiger partial charge in [0.05, 0.1) is 11.3 Å². The number of likely N-dealkylation sites (tertiary alicyclic amines) is 1. The van der Waals surface area contributed by atoms with Crippen molar-refractivity contribution in [3.8, 4) is 11.4 Å². The Bertz CT molecular complexity index is 1630. The first-order valence-corrected chi connectivity index (χ1v) is 17.0. The van der Waals surface area contributed by atoms with Crippen molar-refractivity contribution in [3.63, 3.8) is 0 Å². The molecule has 6 nitrogen and oxygen atoms in total. The summed E-state index contributed by atoms with van der Waals surface area (Å²) in [6.45, 7) is 4.26. The van der Waals surface area contributed by atoms with E-state index in [0.717, 1.165) is 76.2 Å². The van der Waals surface area contributed by atoms with Gasteiger partial charge in [0.25, 0.3) is 5.91 Å². The van der Waals surface area contributed by atoms with Crippen LogP contribution in [0.1, 0.15) is 73.5 Å². The molecule has 2 fully saturated rings. The Balaban J connectivity index is 1.10. The van der Waals surface area contributed by atoms with E-state index in [1.165, 1.54) is 37.5 Å². The molecule has 3 aromatic carbocycles. The summed E-state index contributed by atoms with van der Waals surface area (Å²) in [5, 5.41) is 0. The van der Waals surface area contributed by atoms with Gasteiger partial charge in [-0.1, -0.05) is 67.8 Å². The number of imidazole rings is 1. The highest BCUT2D eigenvalue weighted by molar-refractivity contribution is 6.02. The van der Waals surface area contributed by atoms with Gasteiger partial charge < -0.3 is 19.3 Å². The first-order valence-electron chi connectivity index (χ1n) is 17.0. The van der Waals surface area contributed by atoms with Crippen LogP contribution in [0, 0.1) is 17.6 Å². The first kappa shape index (κ1) is 30.6. The molecule has 1 aromatic heterocycles. The lowest BCUT2D eigenvalue weighted by molar-refractivity contribution is 0.0381. The molecule has 3 heterocycles. The van der Waals surface area contributed by atoms with Gasteiger partial charge in [0, 0.05) is 55.7 Å². The van der Waals surface area contributed by atoms with E-state index in [-0.39, 0.29) is 17.8 Å². The monoisotopic (exact) mass is 623 g/mol. The van der Waals surface area contributed by atoms with Crippen LogP contribution >= 0.6 is 0 Å². The summed E-state index contributed by atoms with van der Waals surface area (Å²) in [6, 6.07) is 21.6. The van der Waals surface area contributed by atoms with Gasteiger partial charge in [-0.25, -0.2) is 13.8 Å². The number of piperidine rings is 1. The van der Waals surface area contributed by atoms with Crippen LogP contribution in [0.15, 0.2) is 85.2 Å². The minimum Gasteiger partial charge on any atom is -0.346 e. The Morgan fingerprint density at radius 1 is 0.826 bits per heavy atom. The van der Waals surface area contributed by atoms with Gasteiger partial charge in [0.1, 0.15) is 23.6 Å². The van der Waals surface area contributed by atoms with E-state index in [9.17, 15) is 9.18 Å². The van der Waals surface area contributed by atoms with Gasteiger partial charge in [-0.05, 0) is 68.8 Å². The molecule has 0 spiro atoms. The molecule has 1 amide bonds. The van der Waals surface area contributed by atoms with Crippen molar-refractivity contribution in [2.75, 3.05) is 31.1 Å². The fourth-order valence-electron chi connectivity index (χ4n) is 7.90. The number of carbonyl (C=O) groups excluding carboxylic acids is 1. The SMILES string of the molecule is O=C1c2cc(F)ccc2N(CC2CCCCC2)C(c2ccccc2F)N1C1CCN(CCCn2ccnc2-c2ccccc2)CC1. The van der Waals surface area contributed by atoms with Crippen LogP contribution in [0.2, 0.25) is 0 Å². The quantitative estimate of drug-likeness (QED) is 0.190. The van der Waals surface area contributed by atoms with Crippen LogP contribution in [0.4, 0.5) is 14.5 Å². The lowest BCUT2D eigenvalue weighted by Crippen LogP contribution is -2.57. The number of carbonyl (C=O) groups is 1. The summed E-state index contributed by atoms with van der Waals surface area (Å²) < 4.78 is 32.5. The maximum Gasteiger partial charge on any atom is 0.258 e. The molecule has 240 valence electrons. The average molecular weight is 624 g/mol. The van der Waals surface area contributed by atoms with E-state index in [1.807, 2.05) is 47.6 Å². The van der Waals surface area contributed by atoms with Crippen molar-refractivity contribution in [2.24, 2.45) is 5.92 Å². The molecular formula is C38H43F2N5O. The molecule has 46 heavy (non-hydrogen) atoms. The van der Waals surface area contributed by atoms with Crippen LogP contribution in [-0.2, 0) is 6.54 Å². The Labute approximate surface area is 270 Å². The van der Waals surface area contributed by atoms with E-state index < -0.39 is 12.0 Å². The van der Waals surface area contributed by atoms with Crippen molar-refractivity contribution < 1.29 is 13.6 Å². The molecule has 0 bridgehead atoms. The second kappa shape index (κ2) is 13.8. The van der Waals surface area contributed by atoms with Gasteiger partial charge in [-0.2, -0.15) is 0 Å². The van der Waals surface area contributed by atoms with Crippen LogP contribution in [0.3, 0.4) is 0 Å². The number of anilines is 1. The summed E-state index contributed by atoms with van der Waals surface area (Å²) in [5.41, 5.74) is 2.73. The number of aromatic nitrogens is 2. The fourth-order valence-corrected chi connectivity index (χ4v) is 7.90. The lowest BCUT2D eigenvalue weighted by atomic mass is 9.87. The van der Waals surface area contributed by atoms with Crippen molar-refractivity contribution in [1.29, 1.82) is 0 Å². The highest BCUT2D eigenvalue weighted by Crippen LogP contribution is 2.44. The number of hydrogen-bond donors (Lipinski definition) is 0. The molecule has 4 aromatic rings. The Hall–Kier alpha value is -4.04. The van der Waals surface area contributed by atoms with Gasteiger partial charge >= 0.3 is 0 Å². The number of fused-ring (bicyclic) bond motifs is 1. The number of hydrogen-bond acceptors (Lipinski definition) is 4. The van der Waals surface area contributed by atoms with Crippen molar-refractivity contribution in [2.45, 2.75) is 70.1 Å². The Kier molecular flexibility index (Phi) is 9.15. The molecule has 0 radical (unpaired) electrons. The Morgan fingerprint density at radius 2 is 1.59 bits per heavy atom. The highest BCUT2D eigenvalue weighted by atomic mass is 19.1. The predicted molar refractivity (Wildman–Crippen MR) is 177 cm³/mol. The van der Waals surface area contributed by atoms with Crippen molar-refractivity contribution >= 4 is 11.6 Å². The Morgan fingerprint density at radius 3 is 2.37 bits per heavy atom. The van der Waals surface area contributed by atoms with Crippen molar-refractivity contribution in [3.05, 3.63) is 108 Å². The van der Waals surface area contributed by atoms with E-state index >= 15 is 4.39 Å². The number of aryl methyl sites for hydroxylation is 1. The second-order valence-electron chi connectivity index (χ2n) is 13.2. The smallest absolute Gasteiger partial charge is 0.258 e. The fraction of sp³-hybridized carbons (Fsp3) is 0.421. The molecule has 8 heteroatoms. The number of amides is 1. The minimum atomic E-state index is -0.567. The molecule has 1 aliphatic carbocycles. The van der Waals surface area contributed by atoms with Gasteiger partial charge in [-0.15, -0.1) is 0 Å². The average Bonchev–Trinajstić information content (AvgIpc) is 3.56. The van der Waals surface area contributed by atoms with Gasteiger partial charge in [0.15, 0.2) is 0 Å². The maximum atomic E-state index is 15.6. The summed E-state index contributed by atoms with van der Waals surface area (Å²) in [6.07, 6.45) is 11.8. The predicted octanol–water partition coefficient (Wildman–Crippen LogP) is 7.92. The van der Waals surface area contributed by atoms with Gasteiger partial charge in [0.2, 0.25) is 0 Å². The van der Waals surface area contributed by atoms with Crippen LogP contribution in [0.25, 0.3) is 11.4 Å². The lowest BCUT2D eigenvalue weighted by Gasteiger charge is -2.51. The van der Waals surface area contributed by atoms with Crippen LogP contribution in [-0.4, -0.2) is 57.5 Å². The molecule has 0 N–H and O–H groups in total. The van der Waals surface area contributed by atoms with E-state index in [1.54, 1.807) is 12.1 Å². The zero-order valence-electron chi connectivity index (χ0n) is 26.4. The maximum absolute atomic E-state index is 15.6. The summed E-state index contributed by atoms with van der Waals surface area (Å²) >= 11 is 0. The molecule has 1 unspecified atom stereocenters. The zero-order valence-corrected chi connectivity index (χ0v) is 26.4. The third kappa shape index (κ3) is 6.32. The van der Waals surface area contributed by atoms with Crippen molar-refractivity contribution in [1.82, 2.24) is 19.4 Å². The summed E-state index contributed by atoms with van der Waals surface area (Å²) in [5.74, 6) is 0.510. The molecule has 1 saturated heterocycles. The summed E-state index contributed by atoms with van der Waals surface area (Å²) in [4.78, 5) is 25.5. The van der Waals surface area contributed by atoms with Gasteiger partial charge in [-0.3, -0.25) is 4.79 Å². The number of benzene rings is 3. The molecule has 2 aliphatic heterocycles. The highest BCUT2D eigenvalue weighted by Gasteiger charge is 2.44. The zero-order chi connectivity index (χ0) is 31.5. The molecular weight excluding hydrogens is 580 g/mol. The second-order valence-corrected chi connectivity index (χ2v) is 13.2. The molecule has 7 rings (SSSR count). The standard InChI is InChI=1S/C38H43F2N5O/c39-30-16-17-35-33(26-30)38(46)45(37(32-14-7-8-15-34(32)40)44(35)27-28-10-3-1-4-11-28)31-18-23-42(24-19-31)21-9-22-43-25-20-41-36(43)29-12-5-2-6-13-29/h2,5-8,12-17,20,25-26,28,31,37H,1,3-4,9-11,18-19,21-24,27H2. The third-order valence-corrected chi connectivity index (χ3v) is 10.2. The first-order chi connectivity index (χ1) is 22.6. The number of nitrogens with zero attached hydrogens (tertiary/aromatic N) is 5. The van der Waals surface area contributed by atoms with Crippen LogP contribution < -0.4 is 4.90 Å². The third-order valence-electron chi connectivity index (χ3n) is 10.2. The molecule has 1 saturated carbocycles. The van der Waals surface area contributed by atoms with E-state index in [0.29, 0.717) is 22.7 Å². The molecule has 3 aliphatic rings. The minimum absolute atomic E-state index is 0.0723. The van der Waals surface area contributed by atoms with E-state index in [2.05, 4.69) is 31.5 Å². The summed E-state index contributed by atoms with van der Waals surface area (Å²) in [7, 11) is 0. The van der Waals surface area contributed by atoms with E-state index in [4.69, 9.17) is 0 Å². The largest absolute Gasteiger partial charge is 0.346 e. The normalized spacial score (nSPS) is 19.9. The topological polar surface area (TPSA) is 44.6 Å². The molecule has 1 atom stereocenters. The number of halogens is 2. The van der Waals surface area contributed by atoms with Crippen LogP contribution in [0.5, 0.6) is 0 Å².